The van der Waals surface area contributed by atoms with Crippen LogP contribution >= 0.6 is 0 Å². The molecule has 0 bridgehead atoms. The normalized spacial score (nSPS) is 10.6. The van der Waals surface area contributed by atoms with E-state index in [2.05, 4.69) is 10.2 Å². The van der Waals surface area contributed by atoms with Gasteiger partial charge in [0.25, 0.3) is 5.91 Å². The van der Waals surface area contributed by atoms with Crippen molar-refractivity contribution in [3.63, 3.8) is 0 Å². The molecule has 2 aromatic carbocycles. The van der Waals surface area contributed by atoms with Crippen LogP contribution in [0.4, 0.5) is 0 Å². The van der Waals surface area contributed by atoms with Crippen molar-refractivity contribution in [3.8, 4) is 11.5 Å². The van der Waals surface area contributed by atoms with Crippen LogP contribution < -0.4 is 9.47 Å². The van der Waals surface area contributed by atoms with E-state index in [1.54, 1.807) is 31.3 Å². The van der Waals surface area contributed by atoms with Crippen LogP contribution in [0, 0.1) is 0 Å². The first-order valence-corrected chi connectivity index (χ1v) is 7.63. The number of nitrogens with one attached hydrogen (secondary N) is 1. The molecule has 0 aliphatic rings. The maximum Gasteiger partial charge on any atom is 0.255 e. The number of fused-ring (bicyclic) bond motifs is 1. The first-order chi connectivity index (χ1) is 11.7. The predicted octanol–water partition coefficient (Wildman–Crippen LogP) is 2.72. The highest BCUT2D eigenvalue weighted by molar-refractivity contribution is 6.05. The predicted molar refractivity (Wildman–Crippen MR) is 91.5 cm³/mol. The number of carbonyl (C=O) groups is 1. The number of carbonyl (C=O) groups excluding carboxylic acids is 1. The lowest BCUT2D eigenvalue weighted by Gasteiger charge is -2.18. The highest BCUT2D eigenvalue weighted by Crippen LogP contribution is 2.18. The fourth-order valence-electron chi connectivity index (χ4n) is 2.43. The molecule has 0 saturated carbocycles. The molecule has 0 aliphatic heterocycles. The number of aromatic nitrogens is 2. The number of methoxy groups -OCH3 is 1. The van der Waals surface area contributed by atoms with Crippen LogP contribution in [-0.2, 0) is 0 Å². The van der Waals surface area contributed by atoms with Gasteiger partial charge in [0, 0.05) is 12.4 Å². The number of ether oxygens (including phenoxy) is 2. The molecule has 0 saturated heterocycles. The Bertz CT molecular complexity index is 827. The lowest BCUT2D eigenvalue weighted by Crippen LogP contribution is -2.31. The molecule has 0 spiro atoms. The maximum atomic E-state index is 12.6. The van der Waals surface area contributed by atoms with E-state index in [0.717, 1.165) is 22.4 Å². The summed E-state index contributed by atoms with van der Waals surface area (Å²) in [5.74, 6) is 1.46. The van der Waals surface area contributed by atoms with Crippen molar-refractivity contribution in [1.29, 1.82) is 0 Å². The zero-order chi connectivity index (χ0) is 16.9. The molecule has 24 heavy (non-hydrogen) atoms. The Balaban J connectivity index is 1.59. The summed E-state index contributed by atoms with van der Waals surface area (Å²) in [5, 5.41) is 7.79. The van der Waals surface area contributed by atoms with Gasteiger partial charge in [0.1, 0.15) is 18.1 Å². The summed E-state index contributed by atoms with van der Waals surface area (Å²) < 4.78 is 10.8. The van der Waals surface area contributed by atoms with Crippen LogP contribution in [0.15, 0.2) is 48.7 Å². The Morgan fingerprint density at radius 1 is 1.17 bits per heavy atom. The fourth-order valence-corrected chi connectivity index (χ4v) is 2.43. The second-order valence-electron chi connectivity index (χ2n) is 5.39. The largest absolute Gasteiger partial charge is 0.497 e. The Labute approximate surface area is 140 Å². The molecule has 3 aromatic rings. The first-order valence-electron chi connectivity index (χ1n) is 7.63. The molecule has 0 atom stereocenters. The van der Waals surface area contributed by atoms with Gasteiger partial charge in [0.15, 0.2) is 0 Å². The third-order valence-electron chi connectivity index (χ3n) is 3.81. The fraction of sp³-hybridized carbons (Fsp3) is 0.222. The molecule has 0 unspecified atom stereocenters. The number of nitrogens with zero attached hydrogens (tertiary/aromatic N) is 2. The van der Waals surface area contributed by atoms with E-state index in [9.17, 15) is 4.79 Å². The Morgan fingerprint density at radius 3 is 2.67 bits per heavy atom. The van der Waals surface area contributed by atoms with Crippen LogP contribution in [0.1, 0.15) is 10.4 Å². The van der Waals surface area contributed by atoms with Crippen LogP contribution in [0.5, 0.6) is 11.5 Å². The number of amides is 1. The van der Waals surface area contributed by atoms with Gasteiger partial charge in [0.05, 0.1) is 30.9 Å². The highest BCUT2D eigenvalue weighted by atomic mass is 16.5. The number of para-hydroxylation sites is 1. The van der Waals surface area contributed by atoms with E-state index in [4.69, 9.17) is 9.47 Å². The quantitative estimate of drug-likeness (QED) is 0.757. The van der Waals surface area contributed by atoms with Crippen LogP contribution in [0.2, 0.25) is 0 Å². The van der Waals surface area contributed by atoms with E-state index in [1.165, 1.54) is 0 Å². The SMILES string of the molecule is COc1ccc(OCCN(C)C(=O)c2cccc3cn[nH]c23)cc1. The minimum Gasteiger partial charge on any atom is -0.497 e. The third-order valence-corrected chi connectivity index (χ3v) is 3.81. The number of benzene rings is 2. The van der Waals surface area contributed by atoms with Gasteiger partial charge in [-0.1, -0.05) is 12.1 Å². The standard InChI is InChI=1S/C18H19N3O3/c1-21(10-11-24-15-8-6-14(23-2)7-9-15)18(22)16-5-3-4-13-12-19-20-17(13)16/h3-9,12H,10-11H2,1-2H3,(H,19,20). The highest BCUT2D eigenvalue weighted by Gasteiger charge is 2.15. The number of likely N-dealkylation sites (N-methyl/N-ethyl adjacent to an activating group) is 1. The van der Waals surface area contributed by atoms with Gasteiger partial charge in [-0.25, -0.2) is 0 Å². The summed E-state index contributed by atoms with van der Waals surface area (Å²) in [7, 11) is 3.38. The van der Waals surface area contributed by atoms with E-state index in [1.807, 2.05) is 36.4 Å². The summed E-state index contributed by atoms with van der Waals surface area (Å²) >= 11 is 0. The van der Waals surface area contributed by atoms with Crippen LogP contribution in [0.25, 0.3) is 10.9 Å². The lowest BCUT2D eigenvalue weighted by molar-refractivity contribution is 0.0775. The average molecular weight is 325 g/mol. The summed E-state index contributed by atoms with van der Waals surface area (Å²) in [6, 6.07) is 12.9. The zero-order valence-corrected chi connectivity index (χ0v) is 13.7. The van der Waals surface area contributed by atoms with Gasteiger partial charge in [-0.2, -0.15) is 5.10 Å². The van der Waals surface area contributed by atoms with Crippen molar-refractivity contribution >= 4 is 16.8 Å². The van der Waals surface area contributed by atoms with E-state index in [0.29, 0.717) is 18.7 Å². The van der Waals surface area contributed by atoms with Crippen molar-refractivity contribution < 1.29 is 14.3 Å². The van der Waals surface area contributed by atoms with Gasteiger partial charge < -0.3 is 14.4 Å². The number of hydrogen-bond acceptors (Lipinski definition) is 4. The molecule has 0 fully saturated rings. The van der Waals surface area contributed by atoms with Crippen molar-refractivity contribution in [2.24, 2.45) is 0 Å². The number of aromatic amines is 1. The van der Waals surface area contributed by atoms with E-state index < -0.39 is 0 Å². The van der Waals surface area contributed by atoms with Gasteiger partial charge in [-0.15, -0.1) is 0 Å². The molecular formula is C18H19N3O3. The Morgan fingerprint density at radius 2 is 1.92 bits per heavy atom. The van der Waals surface area contributed by atoms with Gasteiger partial charge in [0.2, 0.25) is 0 Å². The molecular weight excluding hydrogens is 306 g/mol. The average Bonchev–Trinajstić information content (AvgIpc) is 3.10. The number of hydrogen-bond donors (Lipinski definition) is 1. The van der Waals surface area contributed by atoms with E-state index >= 15 is 0 Å². The Kier molecular flexibility index (Phi) is 4.65. The van der Waals surface area contributed by atoms with Gasteiger partial charge in [-0.05, 0) is 30.3 Å². The second kappa shape index (κ2) is 7.04. The summed E-state index contributed by atoms with van der Waals surface area (Å²) in [6.07, 6.45) is 1.71. The van der Waals surface area contributed by atoms with Crippen LogP contribution in [-0.4, -0.2) is 48.3 Å². The molecule has 1 aromatic heterocycles. The van der Waals surface area contributed by atoms with Crippen molar-refractivity contribution in [1.82, 2.24) is 15.1 Å². The molecule has 6 nitrogen and oxygen atoms in total. The summed E-state index contributed by atoms with van der Waals surface area (Å²) in [5.41, 5.74) is 1.36. The molecule has 0 radical (unpaired) electrons. The number of rotatable bonds is 6. The second-order valence-corrected chi connectivity index (χ2v) is 5.39. The van der Waals surface area contributed by atoms with E-state index in [-0.39, 0.29) is 5.91 Å². The minimum absolute atomic E-state index is 0.0665. The van der Waals surface area contributed by atoms with Gasteiger partial charge in [-0.3, -0.25) is 9.89 Å². The topological polar surface area (TPSA) is 67.5 Å². The molecule has 6 heteroatoms. The van der Waals surface area contributed by atoms with Crippen LogP contribution in [0.3, 0.4) is 0 Å². The minimum atomic E-state index is -0.0665. The molecule has 1 N–H and O–H groups in total. The monoisotopic (exact) mass is 325 g/mol. The third kappa shape index (κ3) is 3.32. The molecule has 3 rings (SSSR count). The van der Waals surface area contributed by atoms with Crippen molar-refractivity contribution in [2.45, 2.75) is 0 Å². The van der Waals surface area contributed by atoms with Crippen molar-refractivity contribution in [2.75, 3.05) is 27.3 Å². The van der Waals surface area contributed by atoms with Crippen molar-refractivity contribution in [3.05, 3.63) is 54.2 Å². The smallest absolute Gasteiger partial charge is 0.255 e. The molecule has 1 amide bonds. The number of H-pyrrole nitrogens is 1. The first kappa shape index (κ1) is 15.9. The molecule has 124 valence electrons. The Hall–Kier alpha value is -3.02. The van der Waals surface area contributed by atoms with Gasteiger partial charge >= 0.3 is 0 Å². The summed E-state index contributed by atoms with van der Waals surface area (Å²) in [6.45, 7) is 0.892. The lowest BCUT2D eigenvalue weighted by atomic mass is 10.1. The zero-order valence-electron chi connectivity index (χ0n) is 13.7. The summed E-state index contributed by atoms with van der Waals surface area (Å²) in [4.78, 5) is 14.2. The maximum absolute atomic E-state index is 12.6. The molecule has 1 heterocycles. The molecule has 0 aliphatic carbocycles.